The van der Waals surface area contributed by atoms with E-state index >= 15 is 0 Å². The summed E-state index contributed by atoms with van der Waals surface area (Å²) in [5.41, 5.74) is -0.192. The van der Waals surface area contributed by atoms with Crippen LogP contribution in [0.2, 0.25) is 4.34 Å². The Labute approximate surface area is 187 Å². The van der Waals surface area contributed by atoms with Crippen molar-refractivity contribution in [3.8, 4) is 11.8 Å². The van der Waals surface area contributed by atoms with E-state index in [0.29, 0.717) is 21.3 Å². The second kappa shape index (κ2) is 8.09. The largest absolute Gasteiger partial charge is 0.389 e. The quantitative estimate of drug-likeness (QED) is 0.435. The Balaban J connectivity index is 1.78. The van der Waals surface area contributed by atoms with Crippen LogP contribution in [-0.4, -0.2) is 61.9 Å². The second-order valence-electron chi connectivity index (χ2n) is 7.53. The van der Waals surface area contributed by atoms with Crippen LogP contribution >= 0.6 is 22.9 Å². The Morgan fingerprint density at radius 3 is 2.74 bits per heavy atom. The van der Waals surface area contributed by atoms with Gasteiger partial charge in [0.1, 0.15) is 6.10 Å². The molecule has 0 spiro atoms. The van der Waals surface area contributed by atoms with Gasteiger partial charge in [0.2, 0.25) is 11.7 Å². The van der Waals surface area contributed by atoms with E-state index in [1.807, 2.05) is 6.07 Å². The summed E-state index contributed by atoms with van der Waals surface area (Å²) in [5, 5.41) is 26.9. The molecule has 0 unspecified atom stereocenters. The van der Waals surface area contributed by atoms with Gasteiger partial charge in [0.25, 0.3) is 0 Å². The number of aliphatic hydroxyl groups excluding tert-OH is 2. The van der Waals surface area contributed by atoms with Crippen LogP contribution in [0.4, 0.5) is 5.82 Å². The highest BCUT2D eigenvalue weighted by Gasteiger charge is 2.54. The fourth-order valence-corrected chi connectivity index (χ4v) is 4.82. The van der Waals surface area contributed by atoms with Crippen molar-refractivity contribution in [2.75, 3.05) is 19.4 Å². The van der Waals surface area contributed by atoms with Gasteiger partial charge < -0.3 is 25.4 Å². The van der Waals surface area contributed by atoms with Gasteiger partial charge in [-0.1, -0.05) is 11.6 Å². The number of thiophene rings is 1. The highest BCUT2D eigenvalue weighted by Crippen LogP contribution is 2.45. The number of hydrogen-bond donors (Lipinski definition) is 4. The summed E-state index contributed by atoms with van der Waals surface area (Å²) in [6, 6.07) is 2.99. The van der Waals surface area contributed by atoms with Crippen molar-refractivity contribution in [1.82, 2.24) is 24.8 Å². The maximum atomic E-state index is 12.4. The molecule has 31 heavy (non-hydrogen) atoms. The molecule has 162 valence electrons. The minimum atomic E-state index is -1.23. The third-order valence-electron chi connectivity index (χ3n) is 5.64. The van der Waals surface area contributed by atoms with Gasteiger partial charge >= 0.3 is 0 Å². The first-order chi connectivity index (χ1) is 14.8. The van der Waals surface area contributed by atoms with E-state index in [-0.39, 0.29) is 18.2 Å². The van der Waals surface area contributed by atoms with Crippen molar-refractivity contribution in [3.05, 3.63) is 33.5 Å². The molecule has 0 radical (unpaired) electrons. The normalized spacial score (nSPS) is 25.3. The molecule has 1 fully saturated rings. The smallest absolute Gasteiger partial charge is 0.228 e. The standard InChI is InChI=1S/C20H21ClN6O3S/c1-20(19(30)23-3)8-11(15(28)16(20)29)27-9-24-14-17(22-2)25-13(26-18(14)27)7-5-10-4-6-12(21)31-10/h4,6,9,11,15-16,28-29H,8H2,1-3H3,(H,23,30)(H,22,25,26)/t11-,15+,16+,20+/m1/s1. The van der Waals surface area contributed by atoms with Crippen molar-refractivity contribution in [2.24, 2.45) is 5.41 Å². The maximum Gasteiger partial charge on any atom is 0.228 e. The summed E-state index contributed by atoms with van der Waals surface area (Å²) in [7, 11) is 3.22. The number of hydrogen-bond acceptors (Lipinski definition) is 8. The minimum absolute atomic E-state index is 0.216. The van der Waals surface area contributed by atoms with Crippen LogP contribution in [0.15, 0.2) is 18.5 Å². The third-order valence-corrected chi connectivity index (χ3v) is 6.78. The number of nitrogens with zero attached hydrogens (tertiary/aromatic N) is 4. The van der Waals surface area contributed by atoms with Crippen LogP contribution in [0.5, 0.6) is 0 Å². The molecule has 3 heterocycles. The van der Waals surface area contributed by atoms with Gasteiger partial charge in [-0.15, -0.1) is 11.3 Å². The zero-order valence-electron chi connectivity index (χ0n) is 17.0. The summed E-state index contributed by atoms with van der Waals surface area (Å²) in [4.78, 5) is 26.5. The van der Waals surface area contributed by atoms with Crippen LogP contribution in [0.1, 0.15) is 30.1 Å². The molecule has 3 aromatic heterocycles. The van der Waals surface area contributed by atoms with Gasteiger partial charge in [0.05, 0.1) is 33.1 Å². The molecule has 0 saturated heterocycles. The summed E-state index contributed by atoms with van der Waals surface area (Å²) in [6.45, 7) is 1.63. The van der Waals surface area contributed by atoms with Crippen molar-refractivity contribution in [2.45, 2.75) is 31.6 Å². The third kappa shape index (κ3) is 3.64. The van der Waals surface area contributed by atoms with E-state index < -0.39 is 23.7 Å². The molecule has 1 aliphatic rings. The number of halogens is 1. The molecular formula is C20H21ClN6O3S. The molecule has 3 aromatic rings. The van der Waals surface area contributed by atoms with Crippen LogP contribution in [0.25, 0.3) is 11.2 Å². The minimum Gasteiger partial charge on any atom is -0.389 e. The molecule has 0 aliphatic heterocycles. The number of carbonyl (C=O) groups excluding carboxylic acids is 1. The average Bonchev–Trinajstić information content (AvgIpc) is 3.44. The van der Waals surface area contributed by atoms with Crippen LogP contribution in [-0.2, 0) is 4.79 Å². The fraction of sp³-hybridized carbons (Fsp3) is 0.400. The predicted octanol–water partition coefficient (Wildman–Crippen LogP) is 1.40. The molecule has 4 atom stereocenters. The summed E-state index contributed by atoms with van der Waals surface area (Å²) in [5.74, 6) is 6.34. The van der Waals surface area contributed by atoms with Gasteiger partial charge in [0.15, 0.2) is 17.0 Å². The first kappa shape index (κ1) is 21.5. The van der Waals surface area contributed by atoms with Gasteiger partial charge in [-0.2, -0.15) is 0 Å². The van der Waals surface area contributed by atoms with E-state index in [1.54, 1.807) is 24.6 Å². The molecule has 1 aliphatic carbocycles. The van der Waals surface area contributed by atoms with E-state index in [4.69, 9.17) is 11.6 Å². The van der Waals surface area contributed by atoms with Crippen molar-refractivity contribution in [1.29, 1.82) is 0 Å². The highest BCUT2D eigenvalue weighted by atomic mass is 35.5. The summed E-state index contributed by atoms with van der Waals surface area (Å²) < 4.78 is 2.32. The monoisotopic (exact) mass is 460 g/mol. The number of anilines is 1. The Hall–Kier alpha value is -2.71. The SMILES string of the molecule is CNC(=O)[C@@]1(C)C[C@@H](n2cnc3c(NC)nc(C#Cc4ccc(Cl)s4)nc32)[C@H](O)[C@@H]1O. The predicted molar refractivity (Wildman–Crippen MR) is 118 cm³/mol. The lowest BCUT2D eigenvalue weighted by Gasteiger charge is -2.26. The van der Waals surface area contributed by atoms with E-state index in [9.17, 15) is 15.0 Å². The zero-order valence-corrected chi connectivity index (χ0v) is 18.6. The average molecular weight is 461 g/mol. The number of nitrogens with one attached hydrogen (secondary N) is 2. The topological polar surface area (TPSA) is 125 Å². The molecular weight excluding hydrogens is 440 g/mol. The lowest BCUT2D eigenvalue weighted by Crippen LogP contribution is -2.45. The van der Waals surface area contributed by atoms with Crippen LogP contribution in [0, 0.1) is 17.3 Å². The Bertz CT molecular complexity index is 1210. The Kier molecular flexibility index (Phi) is 5.61. The fourth-order valence-electron chi connectivity index (χ4n) is 3.93. The second-order valence-corrected chi connectivity index (χ2v) is 9.24. The first-order valence-electron chi connectivity index (χ1n) is 9.56. The Morgan fingerprint density at radius 2 is 2.10 bits per heavy atom. The van der Waals surface area contributed by atoms with E-state index in [2.05, 4.69) is 37.4 Å². The number of fused-ring (bicyclic) bond motifs is 1. The molecule has 4 rings (SSSR count). The van der Waals surface area contributed by atoms with Gasteiger partial charge in [-0.3, -0.25) is 4.79 Å². The van der Waals surface area contributed by atoms with Gasteiger partial charge in [-0.25, -0.2) is 15.0 Å². The van der Waals surface area contributed by atoms with E-state index in [1.165, 1.54) is 24.7 Å². The van der Waals surface area contributed by atoms with Crippen molar-refractivity contribution in [3.63, 3.8) is 0 Å². The molecule has 9 nitrogen and oxygen atoms in total. The number of amides is 1. The number of aromatic nitrogens is 4. The van der Waals surface area contributed by atoms with Crippen molar-refractivity contribution >= 4 is 45.8 Å². The summed E-state index contributed by atoms with van der Waals surface area (Å²) in [6.07, 6.45) is -0.653. The highest BCUT2D eigenvalue weighted by molar-refractivity contribution is 7.16. The lowest BCUT2D eigenvalue weighted by atomic mass is 9.85. The molecule has 0 bridgehead atoms. The Morgan fingerprint density at radius 1 is 1.32 bits per heavy atom. The summed E-state index contributed by atoms with van der Waals surface area (Å²) >= 11 is 7.31. The lowest BCUT2D eigenvalue weighted by molar-refractivity contribution is -0.136. The molecule has 4 N–H and O–H groups in total. The number of rotatable bonds is 3. The zero-order chi connectivity index (χ0) is 22.3. The number of imidazole rings is 1. The first-order valence-corrected chi connectivity index (χ1v) is 10.8. The van der Waals surface area contributed by atoms with Crippen molar-refractivity contribution < 1.29 is 15.0 Å². The van der Waals surface area contributed by atoms with Crippen LogP contribution < -0.4 is 10.6 Å². The van der Waals surface area contributed by atoms with Gasteiger partial charge in [0, 0.05) is 14.1 Å². The molecule has 11 heteroatoms. The maximum absolute atomic E-state index is 12.4. The molecule has 1 amide bonds. The van der Waals surface area contributed by atoms with Crippen LogP contribution in [0.3, 0.4) is 0 Å². The van der Waals surface area contributed by atoms with E-state index in [0.717, 1.165) is 4.88 Å². The number of carbonyl (C=O) groups is 1. The molecule has 1 saturated carbocycles. The van der Waals surface area contributed by atoms with Gasteiger partial charge in [-0.05, 0) is 37.3 Å². The molecule has 0 aromatic carbocycles. The number of aliphatic hydroxyl groups is 2.